The molecule has 1 fully saturated rings. The third-order valence-electron chi connectivity index (χ3n) is 3.47. The molecule has 19 heavy (non-hydrogen) atoms. The highest BCUT2D eigenvalue weighted by molar-refractivity contribution is 5.82. The molecule has 0 bridgehead atoms. The van der Waals surface area contributed by atoms with Gasteiger partial charge in [-0.05, 0) is 30.0 Å². The number of amides is 1. The minimum Gasteiger partial charge on any atom is -0.469 e. The van der Waals surface area contributed by atoms with E-state index in [1.807, 2.05) is 6.92 Å². The van der Waals surface area contributed by atoms with E-state index in [9.17, 15) is 9.59 Å². The van der Waals surface area contributed by atoms with Crippen LogP contribution in [0.15, 0.2) is 24.5 Å². The van der Waals surface area contributed by atoms with E-state index < -0.39 is 0 Å². The van der Waals surface area contributed by atoms with E-state index >= 15 is 0 Å². The summed E-state index contributed by atoms with van der Waals surface area (Å²) in [6, 6.07) is 3.24. The van der Waals surface area contributed by atoms with Gasteiger partial charge in [-0.3, -0.25) is 14.6 Å². The highest BCUT2D eigenvalue weighted by Crippen LogP contribution is 2.38. The molecule has 0 spiro atoms. The number of methoxy groups -OCH3 is 1. The maximum Gasteiger partial charge on any atom is 0.307 e. The average molecular weight is 262 g/mol. The molecule has 102 valence electrons. The molecule has 5 nitrogen and oxygen atoms in total. The van der Waals surface area contributed by atoms with Crippen molar-refractivity contribution in [3.63, 3.8) is 0 Å². The van der Waals surface area contributed by atoms with Crippen LogP contribution in [0, 0.1) is 11.8 Å². The van der Waals surface area contributed by atoms with Crippen LogP contribution in [0.3, 0.4) is 0 Å². The van der Waals surface area contributed by atoms with Gasteiger partial charge < -0.3 is 10.1 Å². The lowest BCUT2D eigenvalue weighted by Gasteiger charge is -2.18. The van der Waals surface area contributed by atoms with Crippen LogP contribution in [0.2, 0.25) is 0 Å². The van der Waals surface area contributed by atoms with Gasteiger partial charge in [0, 0.05) is 18.3 Å². The molecule has 1 aromatic heterocycles. The molecule has 1 N–H and O–H groups in total. The van der Waals surface area contributed by atoms with Crippen molar-refractivity contribution in [1.82, 2.24) is 10.3 Å². The Balaban J connectivity index is 2.06. The molecule has 0 unspecified atom stereocenters. The van der Waals surface area contributed by atoms with Gasteiger partial charge in [-0.2, -0.15) is 0 Å². The number of hydrogen-bond acceptors (Lipinski definition) is 4. The van der Waals surface area contributed by atoms with Gasteiger partial charge in [-0.1, -0.05) is 6.92 Å². The van der Waals surface area contributed by atoms with Crippen molar-refractivity contribution in [2.75, 3.05) is 7.11 Å². The Hall–Kier alpha value is -1.91. The second kappa shape index (κ2) is 5.82. The monoisotopic (exact) mass is 262 g/mol. The summed E-state index contributed by atoms with van der Waals surface area (Å²) in [6.07, 6.45) is 4.34. The maximum absolute atomic E-state index is 12.0. The fraction of sp³-hybridized carbons (Fsp3) is 0.500. The summed E-state index contributed by atoms with van der Waals surface area (Å²) in [7, 11) is 1.34. The summed E-state index contributed by atoms with van der Waals surface area (Å²) in [6.45, 7) is 2.05. The molecule has 2 rings (SSSR count). The van der Waals surface area contributed by atoms with Gasteiger partial charge in [0.25, 0.3) is 0 Å². The number of hydrogen-bond donors (Lipinski definition) is 1. The van der Waals surface area contributed by atoms with Crippen molar-refractivity contribution in [2.45, 2.75) is 25.8 Å². The summed E-state index contributed by atoms with van der Waals surface area (Å²) < 4.78 is 4.68. The second-order valence-electron chi connectivity index (χ2n) is 4.94. The first-order valence-electron chi connectivity index (χ1n) is 6.39. The van der Waals surface area contributed by atoms with E-state index in [0.717, 1.165) is 12.0 Å². The fourth-order valence-electron chi connectivity index (χ4n) is 2.06. The number of nitrogens with one attached hydrogen (secondary N) is 1. The topological polar surface area (TPSA) is 68.3 Å². The molecule has 1 heterocycles. The molecular formula is C14H18N2O3. The lowest BCUT2D eigenvalue weighted by Crippen LogP contribution is -2.32. The number of pyridine rings is 1. The number of nitrogens with zero attached hydrogens (tertiary/aromatic N) is 1. The molecule has 5 heteroatoms. The zero-order valence-corrected chi connectivity index (χ0v) is 11.1. The Kier molecular flexibility index (Phi) is 4.14. The van der Waals surface area contributed by atoms with E-state index in [0.29, 0.717) is 5.92 Å². The van der Waals surface area contributed by atoms with Gasteiger partial charge in [-0.15, -0.1) is 0 Å². The number of rotatable bonds is 5. The third kappa shape index (κ3) is 3.53. The van der Waals surface area contributed by atoms with Gasteiger partial charge in [-0.25, -0.2) is 0 Å². The Bertz CT molecular complexity index is 461. The number of esters is 1. The molecular weight excluding hydrogens is 244 g/mol. The third-order valence-corrected chi connectivity index (χ3v) is 3.47. The van der Waals surface area contributed by atoms with Crippen LogP contribution in [0.25, 0.3) is 0 Å². The van der Waals surface area contributed by atoms with Crippen molar-refractivity contribution in [2.24, 2.45) is 11.8 Å². The van der Waals surface area contributed by atoms with E-state index in [1.165, 1.54) is 7.11 Å². The molecule has 1 saturated carbocycles. The van der Waals surface area contributed by atoms with E-state index in [1.54, 1.807) is 24.5 Å². The predicted molar refractivity (Wildman–Crippen MR) is 69.0 cm³/mol. The van der Waals surface area contributed by atoms with Crippen molar-refractivity contribution < 1.29 is 14.3 Å². The molecule has 0 saturated heterocycles. The predicted octanol–water partition coefficient (Wildman–Crippen LogP) is 1.46. The SMILES string of the molecule is COC(=O)C[C@H](NC(=O)[C@@H]1C[C@@H]1C)c1ccncc1. The van der Waals surface area contributed by atoms with E-state index in [4.69, 9.17) is 0 Å². The van der Waals surface area contributed by atoms with Crippen LogP contribution in [-0.2, 0) is 14.3 Å². The summed E-state index contributed by atoms with van der Waals surface area (Å²) in [5.41, 5.74) is 0.863. The Labute approximate surface area is 112 Å². The highest BCUT2D eigenvalue weighted by atomic mass is 16.5. The average Bonchev–Trinajstić information content (AvgIpc) is 3.16. The molecule has 1 aliphatic rings. The van der Waals surface area contributed by atoms with Crippen LogP contribution >= 0.6 is 0 Å². The number of aromatic nitrogens is 1. The first-order valence-corrected chi connectivity index (χ1v) is 6.39. The molecule has 3 atom stereocenters. The van der Waals surface area contributed by atoms with Crippen LogP contribution in [0.5, 0.6) is 0 Å². The summed E-state index contributed by atoms with van der Waals surface area (Å²) >= 11 is 0. The Morgan fingerprint density at radius 1 is 1.47 bits per heavy atom. The zero-order valence-electron chi connectivity index (χ0n) is 11.1. The van der Waals surface area contributed by atoms with Crippen LogP contribution < -0.4 is 5.32 Å². The van der Waals surface area contributed by atoms with Crippen LogP contribution in [0.1, 0.15) is 31.4 Å². The van der Waals surface area contributed by atoms with Gasteiger partial charge >= 0.3 is 5.97 Å². The van der Waals surface area contributed by atoms with Crippen LogP contribution in [-0.4, -0.2) is 24.0 Å². The Morgan fingerprint density at radius 2 is 2.11 bits per heavy atom. The van der Waals surface area contributed by atoms with Crippen molar-refractivity contribution in [3.8, 4) is 0 Å². The molecule has 0 aliphatic heterocycles. The van der Waals surface area contributed by atoms with Crippen molar-refractivity contribution in [1.29, 1.82) is 0 Å². The summed E-state index contributed by atoms with van der Waals surface area (Å²) in [4.78, 5) is 27.4. The standard InChI is InChI=1S/C14H18N2O3/c1-9-7-11(9)14(18)16-12(8-13(17)19-2)10-3-5-15-6-4-10/h3-6,9,11-12H,7-8H2,1-2H3,(H,16,18)/t9-,11+,12-/m0/s1. The molecule has 0 radical (unpaired) electrons. The Morgan fingerprint density at radius 3 is 2.63 bits per heavy atom. The maximum atomic E-state index is 12.0. The smallest absolute Gasteiger partial charge is 0.307 e. The normalized spacial score (nSPS) is 22.4. The minimum absolute atomic E-state index is 0.0122. The first kappa shape index (κ1) is 13.5. The van der Waals surface area contributed by atoms with Crippen molar-refractivity contribution in [3.05, 3.63) is 30.1 Å². The van der Waals surface area contributed by atoms with Crippen molar-refractivity contribution >= 4 is 11.9 Å². The van der Waals surface area contributed by atoms with E-state index in [2.05, 4.69) is 15.0 Å². The number of carbonyl (C=O) groups excluding carboxylic acids is 2. The van der Waals surface area contributed by atoms with Crippen LogP contribution in [0.4, 0.5) is 0 Å². The summed E-state index contributed by atoms with van der Waals surface area (Å²) in [5.74, 6) is 0.197. The lowest BCUT2D eigenvalue weighted by atomic mass is 10.0. The van der Waals surface area contributed by atoms with Gasteiger partial charge in [0.15, 0.2) is 0 Å². The second-order valence-corrected chi connectivity index (χ2v) is 4.94. The minimum atomic E-state index is -0.351. The molecule has 0 aromatic carbocycles. The quantitative estimate of drug-likeness (QED) is 0.816. The highest BCUT2D eigenvalue weighted by Gasteiger charge is 2.40. The number of ether oxygens (including phenoxy) is 1. The number of carbonyl (C=O) groups is 2. The largest absolute Gasteiger partial charge is 0.469 e. The molecule has 1 aliphatic carbocycles. The lowest BCUT2D eigenvalue weighted by molar-refractivity contribution is -0.141. The van der Waals surface area contributed by atoms with Gasteiger partial charge in [0.1, 0.15) is 0 Å². The molecule has 1 aromatic rings. The summed E-state index contributed by atoms with van der Waals surface area (Å²) in [5, 5.41) is 2.92. The van der Waals surface area contributed by atoms with Gasteiger partial charge in [0.05, 0.1) is 19.6 Å². The molecule has 1 amide bonds. The van der Waals surface area contributed by atoms with Gasteiger partial charge in [0.2, 0.25) is 5.91 Å². The first-order chi connectivity index (χ1) is 9.11. The van der Waals surface area contributed by atoms with E-state index in [-0.39, 0.29) is 30.3 Å². The fourth-order valence-corrected chi connectivity index (χ4v) is 2.06. The zero-order chi connectivity index (χ0) is 13.8.